The van der Waals surface area contributed by atoms with Gasteiger partial charge in [0, 0.05) is 16.8 Å². The fraction of sp³-hybridized carbons (Fsp3) is 0.321. The van der Waals surface area contributed by atoms with Gasteiger partial charge in [0.1, 0.15) is 17.5 Å². The number of hydrogen-bond donors (Lipinski definition) is 3. The molecule has 0 saturated heterocycles. The first kappa shape index (κ1) is 25.9. The highest BCUT2D eigenvalue weighted by Crippen LogP contribution is 2.41. The van der Waals surface area contributed by atoms with Crippen LogP contribution in [0.5, 0.6) is 5.75 Å². The van der Waals surface area contributed by atoms with Crippen molar-refractivity contribution in [2.24, 2.45) is 0 Å². The van der Waals surface area contributed by atoms with Gasteiger partial charge < -0.3 is 15.2 Å². The van der Waals surface area contributed by atoms with Crippen LogP contribution < -0.4 is 14.8 Å². The second kappa shape index (κ2) is 9.69. The van der Waals surface area contributed by atoms with Crippen LogP contribution in [-0.4, -0.2) is 31.1 Å². The molecule has 4 rings (SSSR count). The molecule has 8 heteroatoms. The number of carbonyl (C=O) groups excluding carboxylic acids is 1. The Morgan fingerprint density at radius 3 is 2.25 bits per heavy atom. The Labute approximate surface area is 212 Å². The van der Waals surface area contributed by atoms with Crippen LogP contribution in [0.4, 0.5) is 5.69 Å². The highest BCUT2D eigenvalue weighted by atomic mass is 32.2. The lowest BCUT2D eigenvalue weighted by atomic mass is 9.86. The zero-order valence-electron chi connectivity index (χ0n) is 21.1. The Hall–Kier alpha value is -3.20. The fourth-order valence-electron chi connectivity index (χ4n) is 4.46. The van der Waals surface area contributed by atoms with E-state index in [2.05, 4.69) is 10.0 Å². The summed E-state index contributed by atoms with van der Waals surface area (Å²) in [5.74, 6) is 0.0566. The maximum absolute atomic E-state index is 13.2. The minimum atomic E-state index is -3.97. The highest BCUT2D eigenvalue weighted by Gasteiger charge is 2.44. The molecule has 0 unspecified atom stereocenters. The van der Waals surface area contributed by atoms with Crippen molar-refractivity contribution in [3.05, 3.63) is 88.5 Å². The van der Waals surface area contributed by atoms with E-state index in [1.54, 1.807) is 56.3 Å². The first-order valence-corrected chi connectivity index (χ1v) is 13.4. The van der Waals surface area contributed by atoms with E-state index < -0.39 is 27.8 Å². The quantitative estimate of drug-likeness (QED) is 0.449. The fourth-order valence-corrected chi connectivity index (χ4v) is 5.68. The molecule has 1 amide bonds. The summed E-state index contributed by atoms with van der Waals surface area (Å²) in [6.07, 6.45) is -0.409. The molecule has 2 atom stereocenters. The molecule has 7 nitrogen and oxygen atoms in total. The summed E-state index contributed by atoms with van der Waals surface area (Å²) in [6, 6.07) is 16.2. The highest BCUT2D eigenvalue weighted by molar-refractivity contribution is 7.89. The summed E-state index contributed by atoms with van der Waals surface area (Å²) < 4.78 is 35.1. The average molecular weight is 509 g/mol. The molecular formula is C28H32N2O5S. The summed E-state index contributed by atoms with van der Waals surface area (Å²) in [5.41, 5.74) is 3.39. The maximum atomic E-state index is 13.2. The van der Waals surface area contributed by atoms with Crippen LogP contribution >= 0.6 is 0 Å². The monoisotopic (exact) mass is 508 g/mol. The van der Waals surface area contributed by atoms with Crippen LogP contribution in [0.2, 0.25) is 0 Å². The third kappa shape index (κ3) is 5.31. The zero-order chi connectivity index (χ0) is 26.3. The van der Waals surface area contributed by atoms with Crippen molar-refractivity contribution in [1.82, 2.24) is 4.72 Å². The molecule has 190 valence electrons. The number of hydrogen-bond acceptors (Lipinski definition) is 5. The number of aliphatic hydroxyl groups excluding tert-OH is 1. The predicted octanol–water partition coefficient (Wildman–Crippen LogP) is 4.67. The molecule has 36 heavy (non-hydrogen) atoms. The number of fused-ring (bicyclic) bond motifs is 1. The van der Waals surface area contributed by atoms with Crippen LogP contribution in [0, 0.1) is 13.8 Å². The largest absolute Gasteiger partial charge is 0.485 e. The van der Waals surface area contributed by atoms with E-state index in [4.69, 9.17) is 4.74 Å². The molecule has 0 fully saturated rings. The van der Waals surface area contributed by atoms with Crippen LogP contribution in [0.1, 0.15) is 59.4 Å². The van der Waals surface area contributed by atoms with E-state index in [0.29, 0.717) is 22.6 Å². The van der Waals surface area contributed by atoms with E-state index in [1.165, 1.54) is 0 Å². The van der Waals surface area contributed by atoms with E-state index in [0.717, 1.165) is 23.1 Å². The number of nitrogens with one attached hydrogen (secondary N) is 2. The van der Waals surface area contributed by atoms with E-state index >= 15 is 0 Å². The summed E-state index contributed by atoms with van der Waals surface area (Å²) in [5, 5.41) is 14.0. The Morgan fingerprint density at radius 1 is 1.00 bits per heavy atom. The standard InChI is InChI=1S/C28H32N2O5S/c1-6-19-7-10-22(11-8-19)36(33,34)30-25-23-16-20(9-12-24(23)35-28(4,5)26(25)31)27(32)29-21-14-17(2)13-18(3)15-21/h7-16,25-26,30-31H,6H2,1-5H3,(H,29,32)/t25-,26+/m1/s1. The summed E-state index contributed by atoms with van der Waals surface area (Å²) >= 11 is 0. The lowest BCUT2D eigenvalue weighted by Crippen LogP contribution is -2.53. The van der Waals surface area contributed by atoms with Crippen LogP contribution in [0.25, 0.3) is 0 Å². The second-order valence-electron chi connectivity index (χ2n) is 9.83. The van der Waals surface area contributed by atoms with Gasteiger partial charge in [-0.3, -0.25) is 4.79 Å². The number of anilines is 1. The van der Waals surface area contributed by atoms with Gasteiger partial charge in [0.2, 0.25) is 10.0 Å². The molecule has 0 aliphatic carbocycles. The van der Waals surface area contributed by atoms with Crippen LogP contribution in [-0.2, 0) is 16.4 Å². The number of aryl methyl sites for hydroxylation is 3. The molecule has 0 saturated carbocycles. The predicted molar refractivity (Wildman–Crippen MR) is 140 cm³/mol. The smallest absolute Gasteiger partial charge is 0.255 e. The van der Waals surface area contributed by atoms with E-state index in [9.17, 15) is 18.3 Å². The molecule has 0 aromatic heterocycles. The first-order chi connectivity index (χ1) is 16.9. The molecule has 1 aliphatic rings. The van der Waals surface area contributed by atoms with Gasteiger partial charge >= 0.3 is 0 Å². The van der Waals surface area contributed by atoms with Crippen molar-refractivity contribution >= 4 is 21.6 Å². The summed E-state index contributed by atoms with van der Waals surface area (Å²) in [6.45, 7) is 9.29. The van der Waals surface area contributed by atoms with E-state index in [1.807, 2.05) is 39.0 Å². The van der Waals surface area contributed by atoms with Crippen molar-refractivity contribution < 1.29 is 23.1 Å². The molecule has 1 heterocycles. The third-order valence-corrected chi connectivity index (χ3v) is 7.87. The van der Waals surface area contributed by atoms with Gasteiger partial charge in [-0.1, -0.05) is 25.1 Å². The third-order valence-electron chi connectivity index (χ3n) is 6.41. The van der Waals surface area contributed by atoms with Gasteiger partial charge in [-0.25, -0.2) is 13.1 Å². The lowest BCUT2D eigenvalue weighted by Gasteiger charge is -2.42. The van der Waals surface area contributed by atoms with Crippen molar-refractivity contribution in [3.8, 4) is 5.75 Å². The number of aliphatic hydroxyl groups is 1. The number of benzene rings is 3. The van der Waals surface area contributed by atoms with Gasteiger partial charge in [0.05, 0.1) is 10.9 Å². The van der Waals surface area contributed by atoms with Gasteiger partial charge in [-0.05, 0) is 93.3 Å². The van der Waals surface area contributed by atoms with Crippen molar-refractivity contribution in [1.29, 1.82) is 0 Å². The minimum absolute atomic E-state index is 0.0986. The molecule has 3 aromatic carbocycles. The van der Waals surface area contributed by atoms with Gasteiger partial charge in [-0.15, -0.1) is 0 Å². The van der Waals surface area contributed by atoms with E-state index in [-0.39, 0.29) is 10.8 Å². The number of amides is 1. The molecular weight excluding hydrogens is 476 g/mol. The van der Waals surface area contributed by atoms with Crippen molar-refractivity contribution in [3.63, 3.8) is 0 Å². The van der Waals surface area contributed by atoms with Crippen molar-refractivity contribution in [2.45, 2.75) is 63.7 Å². The maximum Gasteiger partial charge on any atom is 0.255 e. The van der Waals surface area contributed by atoms with Crippen LogP contribution in [0.15, 0.2) is 65.6 Å². The van der Waals surface area contributed by atoms with Gasteiger partial charge in [-0.2, -0.15) is 0 Å². The lowest BCUT2D eigenvalue weighted by molar-refractivity contribution is -0.0603. The second-order valence-corrected chi connectivity index (χ2v) is 11.5. The molecule has 0 radical (unpaired) electrons. The Kier molecular flexibility index (Phi) is 6.96. The number of sulfonamides is 1. The summed E-state index contributed by atoms with van der Waals surface area (Å²) in [4.78, 5) is 13.2. The van der Waals surface area contributed by atoms with Crippen molar-refractivity contribution in [2.75, 3.05) is 5.32 Å². The number of ether oxygens (including phenoxy) is 1. The molecule has 0 spiro atoms. The van der Waals surface area contributed by atoms with Gasteiger partial charge in [0.25, 0.3) is 5.91 Å². The number of carbonyl (C=O) groups is 1. The number of rotatable bonds is 6. The topological polar surface area (TPSA) is 105 Å². The average Bonchev–Trinajstić information content (AvgIpc) is 2.81. The Balaban J connectivity index is 1.68. The summed E-state index contributed by atoms with van der Waals surface area (Å²) in [7, 11) is -3.97. The molecule has 3 N–H and O–H groups in total. The minimum Gasteiger partial charge on any atom is -0.485 e. The van der Waals surface area contributed by atoms with Gasteiger partial charge in [0.15, 0.2) is 0 Å². The Bertz CT molecular complexity index is 1380. The molecule has 1 aliphatic heterocycles. The Morgan fingerprint density at radius 2 is 1.64 bits per heavy atom. The zero-order valence-corrected chi connectivity index (χ0v) is 21.9. The SMILES string of the molecule is CCc1ccc(S(=O)(=O)N[C@@H]2c3cc(C(=O)Nc4cc(C)cc(C)c4)ccc3OC(C)(C)[C@H]2O)cc1. The molecule has 3 aromatic rings. The normalized spacial score (nSPS) is 18.7. The molecule has 0 bridgehead atoms. The van der Waals surface area contributed by atoms with Crippen LogP contribution in [0.3, 0.4) is 0 Å². The first-order valence-electron chi connectivity index (χ1n) is 11.9.